The molecule has 62 heavy (non-hydrogen) atoms. The third kappa shape index (κ3) is 7.13. The minimum atomic E-state index is 0.401. The molecule has 5 heteroatoms. The molecule has 0 saturated heterocycles. The van der Waals surface area contributed by atoms with E-state index in [1.54, 1.807) is 0 Å². The maximum atomic E-state index is 6.79. The van der Waals surface area contributed by atoms with Crippen molar-refractivity contribution in [3.8, 4) is 33.8 Å². The van der Waals surface area contributed by atoms with Gasteiger partial charge < -0.3 is 24.4 Å². The summed E-state index contributed by atoms with van der Waals surface area (Å²) >= 11 is 0. The Labute approximate surface area is 365 Å². The SMILES string of the molecule is Cc1cc(C(C)C)c(NCn2c3ccccc3c3ccc(Oc4cccc(N5CN(c6c(-c7ccccc7)cccc6-c6ccccc6)c6ccccc65)c4)cc32)c(C(C)C)c1. The van der Waals surface area contributed by atoms with Crippen LogP contribution < -0.4 is 19.9 Å². The minimum absolute atomic E-state index is 0.401. The van der Waals surface area contributed by atoms with E-state index >= 15 is 0 Å². The molecule has 0 amide bonds. The third-order valence-electron chi connectivity index (χ3n) is 12.3. The lowest BCUT2D eigenvalue weighted by Gasteiger charge is -2.27. The molecule has 0 unspecified atom stereocenters. The lowest BCUT2D eigenvalue weighted by molar-refractivity contribution is 0.483. The maximum Gasteiger partial charge on any atom is 0.129 e. The van der Waals surface area contributed by atoms with E-state index in [4.69, 9.17) is 4.74 Å². The molecule has 0 spiro atoms. The number of rotatable bonds is 11. The van der Waals surface area contributed by atoms with Gasteiger partial charge in [0.05, 0.1) is 34.8 Å². The van der Waals surface area contributed by atoms with Gasteiger partial charge in [-0.25, -0.2) is 0 Å². The Morgan fingerprint density at radius 1 is 0.516 bits per heavy atom. The molecule has 0 saturated carbocycles. The summed E-state index contributed by atoms with van der Waals surface area (Å²) < 4.78 is 9.19. The van der Waals surface area contributed by atoms with Crippen LogP contribution in [0.25, 0.3) is 44.1 Å². The van der Waals surface area contributed by atoms with Crippen LogP contribution in [-0.4, -0.2) is 11.2 Å². The molecule has 1 N–H and O–H groups in total. The van der Waals surface area contributed by atoms with Crippen LogP contribution in [0.15, 0.2) is 182 Å². The molecule has 1 aromatic heterocycles. The van der Waals surface area contributed by atoms with Crippen LogP contribution in [0.4, 0.5) is 28.4 Å². The zero-order valence-electron chi connectivity index (χ0n) is 36.1. The second kappa shape index (κ2) is 16.3. The van der Waals surface area contributed by atoms with Crippen LogP contribution in [-0.2, 0) is 6.67 Å². The summed E-state index contributed by atoms with van der Waals surface area (Å²) in [5.74, 6) is 2.39. The second-order valence-electron chi connectivity index (χ2n) is 17.1. The van der Waals surface area contributed by atoms with Crippen molar-refractivity contribution in [1.29, 1.82) is 0 Å². The Balaban J connectivity index is 0.996. The molecule has 5 nitrogen and oxygen atoms in total. The Hall–Kier alpha value is -7.24. The Morgan fingerprint density at radius 3 is 1.74 bits per heavy atom. The van der Waals surface area contributed by atoms with E-state index in [2.05, 4.69) is 236 Å². The molecule has 0 bridgehead atoms. The molecule has 1 aliphatic heterocycles. The fourth-order valence-electron chi connectivity index (χ4n) is 9.39. The van der Waals surface area contributed by atoms with E-state index in [0.29, 0.717) is 25.2 Å². The van der Waals surface area contributed by atoms with E-state index in [1.807, 2.05) is 0 Å². The maximum absolute atomic E-state index is 6.79. The number of para-hydroxylation sites is 4. The number of aryl methyl sites for hydroxylation is 1. The monoisotopic (exact) mass is 808 g/mol. The third-order valence-corrected chi connectivity index (χ3v) is 12.3. The number of nitrogens with zero attached hydrogens (tertiary/aromatic N) is 3. The van der Waals surface area contributed by atoms with Crippen LogP contribution in [0, 0.1) is 6.92 Å². The zero-order valence-corrected chi connectivity index (χ0v) is 36.1. The van der Waals surface area contributed by atoms with Gasteiger partial charge in [-0.05, 0) is 83.5 Å². The summed E-state index contributed by atoms with van der Waals surface area (Å²) in [6.45, 7) is 12.6. The van der Waals surface area contributed by atoms with Gasteiger partial charge in [0.1, 0.15) is 18.2 Å². The first kappa shape index (κ1) is 38.9. The molecule has 0 fully saturated rings. The fraction of sp³-hybridized carbons (Fsp3) is 0.158. The van der Waals surface area contributed by atoms with Crippen LogP contribution in [0.3, 0.4) is 0 Å². The van der Waals surface area contributed by atoms with Crippen LogP contribution in [0.1, 0.15) is 56.2 Å². The van der Waals surface area contributed by atoms with Crippen molar-refractivity contribution in [3.05, 3.63) is 199 Å². The second-order valence-corrected chi connectivity index (χ2v) is 17.1. The van der Waals surface area contributed by atoms with E-state index in [1.165, 1.54) is 66.6 Å². The quantitative estimate of drug-likeness (QED) is 0.141. The summed E-state index contributed by atoms with van der Waals surface area (Å²) in [5, 5.41) is 6.37. The molecule has 0 atom stereocenters. The Bertz CT molecular complexity index is 2970. The molecule has 9 aromatic rings. The van der Waals surface area contributed by atoms with E-state index in [9.17, 15) is 0 Å². The normalized spacial score (nSPS) is 12.5. The van der Waals surface area contributed by atoms with Gasteiger partial charge in [0, 0.05) is 45.4 Å². The first-order valence-electron chi connectivity index (χ1n) is 21.9. The van der Waals surface area contributed by atoms with Crippen molar-refractivity contribution < 1.29 is 4.74 Å². The average Bonchev–Trinajstić information content (AvgIpc) is 3.84. The number of hydrogen-bond donors (Lipinski definition) is 1. The van der Waals surface area contributed by atoms with Gasteiger partial charge in [-0.1, -0.05) is 161 Å². The topological polar surface area (TPSA) is 32.7 Å². The molecule has 306 valence electrons. The van der Waals surface area contributed by atoms with Crippen molar-refractivity contribution in [2.45, 2.75) is 53.1 Å². The number of anilines is 5. The smallest absolute Gasteiger partial charge is 0.129 e. The number of nitrogens with one attached hydrogen (secondary N) is 1. The average molecular weight is 809 g/mol. The summed E-state index contributed by atoms with van der Waals surface area (Å²) in [7, 11) is 0. The highest BCUT2D eigenvalue weighted by Gasteiger charge is 2.31. The van der Waals surface area contributed by atoms with Gasteiger partial charge >= 0.3 is 0 Å². The predicted molar refractivity (Wildman–Crippen MR) is 262 cm³/mol. The van der Waals surface area contributed by atoms with Gasteiger partial charge in [0.25, 0.3) is 0 Å². The molecule has 0 radical (unpaired) electrons. The number of ether oxygens (including phenoxy) is 1. The van der Waals surface area contributed by atoms with E-state index in [0.717, 1.165) is 34.1 Å². The van der Waals surface area contributed by atoms with E-state index < -0.39 is 0 Å². The number of aromatic nitrogens is 1. The highest BCUT2D eigenvalue weighted by molar-refractivity contribution is 6.08. The van der Waals surface area contributed by atoms with Gasteiger partial charge in [-0.3, -0.25) is 0 Å². The van der Waals surface area contributed by atoms with Crippen molar-refractivity contribution in [3.63, 3.8) is 0 Å². The number of benzene rings is 8. The Morgan fingerprint density at radius 2 is 1.08 bits per heavy atom. The largest absolute Gasteiger partial charge is 0.457 e. The Kier molecular flexibility index (Phi) is 10.2. The summed E-state index contributed by atoms with van der Waals surface area (Å²) in [5.41, 5.74) is 16.9. The molecule has 0 aliphatic carbocycles. The molecule has 1 aliphatic rings. The van der Waals surface area contributed by atoms with Crippen molar-refractivity contribution in [2.75, 3.05) is 21.8 Å². The first-order chi connectivity index (χ1) is 30.3. The zero-order chi connectivity index (χ0) is 42.3. The number of fused-ring (bicyclic) bond motifs is 4. The molecular weight excluding hydrogens is 757 g/mol. The molecule has 10 rings (SSSR count). The first-order valence-corrected chi connectivity index (χ1v) is 21.9. The van der Waals surface area contributed by atoms with Crippen molar-refractivity contribution in [2.24, 2.45) is 0 Å². The predicted octanol–water partition coefficient (Wildman–Crippen LogP) is 15.8. The van der Waals surface area contributed by atoms with Crippen LogP contribution in [0.5, 0.6) is 11.5 Å². The van der Waals surface area contributed by atoms with E-state index in [-0.39, 0.29) is 0 Å². The van der Waals surface area contributed by atoms with Gasteiger partial charge in [0.2, 0.25) is 0 Å². The summed E-state index contributed by atoms with van der Waals surface area (Å²) in [4.78, 5) is 4.87. The fourth-order valence-corrected chi connectivity index (χ4v) is 9.39. The minimum Gasteiger partial charge on any atom is -0.457 e. The summed E-state index contributed by atoms with van der Waals surface area (Å²) in [6.07, 6.45) is 0. The molecular formula is C57H52N4O. The molecule has 8 aromatic carbocycles. The lowest BCUT2D eigenvalue weighted by atomic mass is 9.90. The number of hydrogen-bond acceptors (Lipinski definition) is 4. The van der Waals surface area contributed by atoms with Crippen LogP contribution in [0.2, 0.25) is 0 Å². The standard InChI is InChI=1S/C57H52N4O/c1-38(2)50-32-40(5)33-51(39(3)4)56(50)58-36-59-52-27-13-12-24-48(52)49-31-30-45(35-55(49)59)62-44-23-16-22-43(34-44)60-37-61(54-29-15-14-28-53(54)60)57-46(41-18-8-6-9-19-41)25-17-26-47(57)42-20-10-7-11-21-42/h6-35,38-39,58H,36-37H2,1-5H3. The highest BCUT2D eigenvalue weighted by atomic mass is 16.5. The lowest BCUT2D eigenvalue weighted by Crippen LogP contribution is -2.24. The highest BCUT2D eigenvalue weighted by Crippen LogP contribution is 2.50. The van der Waals surface area contributed by atoms with Crippen molar-refractivity contribution >= 4 is 50.2 Å². The van der Waals surface area contributed by atoms with Gasteiger partial charge in [-0.2, -0.15) is 0 Å². The summed E-state index contributed by atoms with van der Waals surface area (Å²) in [6, 6.07) is 65.3. The van der Waals surface area contributed by atoms with Gasteiger partial charge in [0.15, 0.2) is 0 Å². The molecule has 2 heterocycles. The van der Waals surface area contributed by atoms with Crippen molar-refractivity contribution in [1.82, 2.24) is 4.57 Å². The van der Waals surface area contributed by atoms with Crippen LogP contribution >= 0.6 is 0 Å². The van der Waals surface area contributed by atoms with Gasteiger partial charge in [-0.15, -0.1) is 0 Å².